The van der Waals surface area contributed by atoms with Gasteiger partial charge in [0.1, 0.15) is 11.0 Å². The predicted octanol–water partition coefficient (Wildman–Crippen LogP) is 5.28. The minimum absolute atomic E-state index is 0.162. The van der Waals surface area contributed by atoms with Gasteiger partial charge < -0.3 is 20.4 Å². The molecule has 0 amide bonds. The molecule has 218 valence electrons. The molecular formula is C29H38ClF3N6S. The molecule has 0 aliphatic carbocycles. The Morgan fingerprint density at radius 3 is 2.40 bits per heavy atom. The summed E-state index contributed by atoms with van der Waals surface area (Å²) in [6.07, 6.45) is -1.05. The maximum absolute atomic E-state index is 13.3. The lowest BCUT2D eigenvalue weighted by Gasteiger charge is -2.40. The number of nitrogens with two attached hydrogens (primary N) is 1. The number of hydrogen-bond donors (Lipinski definition) is 1. The highest BCUT2D eigenvalue weighted by atomic mass is 35.5. The second-order valence-corrected chi connectivity index (χ2v) is 14.0. The average molecular weight is 595 g/mol. The van der Waals surface area contributed by atoms with Crippen LogP contribution in [-0.2, 0) is 6.18 Å². The number of likely N-dealkylation sites (tertiary alicyclic amines) is 1. The number of nitrogens with zero attached hydrogens (tertiary/aromatic N) is 5. The van der Waals surface area contributed by atoms with E-state index in [4.69, 9.17) is 17.3 Å². The van der Waals surface area contributed by atoms with Crippen LogP contribution in [0.5, 0.6) is 0 Å². The van der Waals surface area contributed by atoms with Gasteiger partial charge in [-0.1, -0.05) is 29.9 Å². The van der Waals surface area contributed by atoms with Gasteiger partial charge in [-0.2, -0.15) is 13.2 Å². The van der Waals surface area contributed by atoms with Gasteiger partial charge in [-0.25, -0.2) is 4.98 Å². The molecule has 5 rings (SSSR count). The highest BCUT2D eigenvalue weighted by Crippen LogP contribution is 2.43. The number of halogens is 4. The minimum Gasteiger partial charge on any atom is -0.354 e. The summed E-state index contributed by atoms with van der Waals surface area (Å²) in [5, 5.41) is -0.162. The monoisotopic (exact) mass is 594 g/mol. The maximum atomic E-state index is 13.3. The Bertz CT molecular complexity index is 1320. The average Bonchev–Trinajstić information content (AvgIpc) is 3.09. The fourth-order valence-electron chi connectivity index (χ4n) is 6.28. The van der Waals surface area contributed by atoms with E-state index in [2.05, 4.69) is 61.7 Å². The maximum Gasteiger partial charge on any atom is 0.416 e. The van der Waals surface area contributed by atoms with Gasteiger partial charge in [0.25, 0.3) is 0 Å². The lowest BCUT2D eigenvalue weighted by molar-refractivity contribution is -0.137. The quantitative estimate of drug-likeness (QED) is 0.363. The summed E-state index contributed by atoms with van der Waals surface area (Å²) in [4.78, 5) is 11.9. The van der Waals surface area contributed by atoms with E-state index >= 15 is 0 Å². The third-order valence-corrected chi connectivity index (χ3v) is 11.1. The van der Waals surface area contributed by atoms with Crippen molar-refractivity contribution in [2.45, 2.75) is 36.4 Å². The Kier molecular flexibility index (Phi) is 8.46. The highest BCUT2D eigenvalue weighted by molar-refractivity contribution is 8.25. The Morgan fingerprint density at radius 2 is 1.75 bits per heavy atom. The van der Waals surface area contributed by atoms with Crippen LogP contribution in [-0.4, -0.2) is 84.3 Å². The molecule has 0 spiro atoms. The third kappa shape index (κ3) is 6.01. The van der Waals surface area contributed by atoms with E-state index in [1.807, 2.05) is 4.90 Å². The van der Waals surface area contributed by atoms with Crippen molar-refractivity contribution >= 4 is 44.2 Å². The zero-order valence-corrected chi connectivity index (χ0v) is 24.3. The van der Waals surface area contributed by atoms with Gasteiger partial charge in [-0.15, -0.1) is 9.39 Å². The number of alkyl halides is 3. The van der Waals surface area contributed by atoms with E-state index in [0.29, 0.717) is 44.7 Å². The molecule has 3 saturated heterocycles. The van der Waals surface area contributed by atoms with Gasteiger partial charge in [0, 0.05) is 68.1 Å². The predicted molar refractivity (Wildman–Crippen MR) is 163 cm³/mol. The van der Waals surface area contributed by atoms with Crippen LogP contribution in [0.15, 0.2) is 53.6 Å². The Balaban J connectivity index is 1.28. The largest absolute Gasteiger partial charge is 0.416 e. The zero-order chi connectivity index (χ0) is 28.7. The molecule has 6 nitrogen and oxygen atoms in total. The van der Waals surface area contributed by atoms with E-state index in [1.165, 1.54) is 18.5 Å². The van der Waals surface area contributed by atoms with Gasteiger partial charge in [-0.3, -0.25) is 4.31 Å². The molecule has 2 aromatic rings. The van der Waals surface area contributed by atoms with Crippen LogP contribution in [0.2, 0.25) is 5.15 Å². The molecule has 1 aromatic carbocycles. The Morgan fingerprint density at radius 1 is 1.05 bits per heavy atom. The summed E-state index contributed by atoms with van der Waals surface area (Å²) in [6, 6.07) is 10.9. The molecule has 0 unspecified atom stereocenters. The van der Waals surface area contributed by atoms with Crippen LogP contribution in [0.4, 0.5) is 24.7 Å². The molecule has 0 bridgehead atoms. The lowest BCUT2D eigenvalue weighted by Crippen LogP contribution is -2.45. The number of anilines is 2. The fourth-order valence-corrected chi connectivity index (χ4v) is 8.29. The Hall–Kier alpha value is -2.24. The van der Waals surface area contributed by atoms with Crippen molar-refractivity contribution in [2.24, 2.45) is 11.7 Å². The molecule has 0 radical (unpaired) electrons. The van der Waals surface area contributed by atoms with Crippen molar-refractivity contribution in [3.05, 3.63) is 59.4 Å². The standard InChI is InChI=1S/C29H38ClF3N6S/c1-21-17-22-5-4-11-36(12-10-34)20-26(22)39(21)24-6-8-25(9-7-24)40(2,3)38-15-13-37(14-16-38)28-19-23(29(31,32)33)18-27(30)35-28/h6-9,18-19,22,26H,1-5,10-17,20,34H2/t22-,26-/m0/s1. The molecule has 1 aromatic heterocycles. The van der Waals surface area contributed by atoms with E-state index < -0.39 is 21.1 Å². The normalized spacial score (nSPS) is 23.4. The topological polar surface area (TPSA) is 51.9 Å². The summed E-state index contributed by atoms with van der Waals surface area (Å²) >= 11 is 5.91. The number of piperazine rings is 1. The van der Waals surface area contributed by atoms with Crippen LogP contribution in [0.25, 0.3) is 0 Å². The van der Waals surface area contributed by atoms with Crippen molar-refractivity contribution in [2.75, 3.05) is 62.2 Å². The van der Waals surface area contributed by atoms with Gasteiger partial charge in [0.05, 0.1) is 5.56 Å². The van der Waals surface area contributed by atoms with Crippen molar-refractivity contribution in [1.82, 2.24) is 14.2 Å². The zero-order valence-electron chi connectivity index (χ0n) is 22.8. The van der Waals surface area contributed by atoms with Crippen molar-refractivity contribution in [1.29, 1.82) is 0 Å². The molecule has 3 aliphatic heterocycles. The number of aromatic nitrogens is 1. The first-order chi connectivity index (χ1) is 19.0. The first-order valence-corrected chi connectivity index (χ1v) is 16.0. The number of benzene rings is 1. The number of hydrogen-bond acceptors (Lipinski definition) is 6. The third-order valence-electron chi connectivity index (χ3n) is 8.37. The second-order valence-electron chi connectivity index (χ2n) is 11.0. The van der Waals surface area contributed by atoms with Crippen molar-refractivity contribution in [3.8, 4) is 0 Å². The minimum atomic E-state index is -4.47. The molecule has 3 fully saturated rings. The summed E-state index contributed by atoms with van der Waals surface area (Å²) in [5.74, 6) is 9.88. The Labute approximate surface area is 240 Å². The van der Waals surface area contributed by atoms with Gasteiger partial charge in [0.2, 0.25) is 0 Å². The molecular weight excluding hydrogens is 557 g/mol. The molecule has 11 heteroatoms. The molecule has 4 heterocycles. The van der Waals surface area contributed by atoms with Gasteiger partial charge in [0.15, 0.2) is 0 Å². The molecule has 40 heavy (non-hydrogen) atoms. The van der Waals surface area contributed by atoms with Crippen LogP contribution in [0.1, 0.15) is 24.8 Å². The van der Waals surface area contributed by atoms with E-state index in [9.17, 15) is 13.2 Å². The van der Waals surface area contributed by atoms with E-state index in [0.717, 1.165) is 48.8 Å². The molecule has 2 atom stereocenters. The first-order valence-electron chi connectivity index (χ1n) is 13.7. The van der Waals surface area contributed by atoms with Crippen LogP contribution in [0, 0.1) is 5.92 Å². The van der Waals surface area contributed by atoms with E-state index in [1.54, 1.807) is 0 Å². The second kappa shape index (κ2) is 11.6. The summed E-state index contributed by atoms with van der Waals surface area (Å²) < 4.78 is 42.1. The summed E-state index contributed by atoms with van der Waals surface area (Å²) in [6.45, 7) is 10.4. The summed E-state index contributed by atoms with van der Waals surface area (Å²) in [5.41, 5.74) is 7.38. The number of fused-ring (bicyclic) bond motifs is 1. The fraction of sp³-hybridized carbons (Fsp3) is 0.483. The van der Waals surface area contributed by atoms with Crippen LogP contribution < -0.4 is 15.5 Å². The lowest BCUT2D eigenvalue weighted by atomic mass is 9.96. The smallest absolute Gasteiger partial charge is 0.354 e. The van der Waals surface area contributed by atoms with Crippen molar-refractivity contribution < 1.29 is 13.2 Å². The molecule has 3 aliphatic rings. The summed E-state index contributed by atoms with van der Waals surface area (Å²) in [7, 11) is -1.79. The number of rotatable bonds is 6. The molecule has 2 N–H and O–H groups in total. The first kappa shape index (κ1) is 29.3. The molecule has 0 saturated carbocycles. The van der Waals surface area contributed by atoms with Crippen LogP contribution >= 0.6 is 21.0 Å². The van der Waals surface area contributed by atoms with Gasteiger partial charge >= 0.3 is 6.18 Å². The number of allylic oxidation sites excluding steroid dienone is 1. The van der Waals surface area contributed by atoms with Crippen molar-refractivity contribution in [3.63, 3.8) is 0 Å². The van der Waals surface area contributed by atoms with Gasteiger partial charge in [-0.05, 0) is 68.1 Å². The SMILES string of the molecule is C=C1C[C@@H]2CCCN(CCN)C[C@@H]2N1c1ccc(S(=C)(=C)N2CCN(c3cc(C(F)(F)F)cc(Cl)n3)CC2)cc1. The number of pyridine rings is 1. The van der Waals surface area contributed by atoms with E-state index in [-0.39, 0.29) is 11.0 Å². The van der Waals surface area contributed by atoms with Crippen LogP contribution in [0.3, 0.4) is 0 Å². The highest BCUT2D eigenvalue weighted by Gasteiger charge is 2.39.